The Bertz CT molecular complexity index is 160. The van der Waals surface area contributed by atoms with Crippen LogP contribution in [0.2, 0.25) is 0 Å². The number of aliphatic hydroxyl groups is 1. The largest absolute Gasteiger partial charge is 0.378 e. The molecule has 0 atom stereocenters. The molecule has 0 bridgehead atoms. The first kappa shape index (κ1) is 5.32. The predicted octanol–water partition coefficient (Wildman–Crippen LogP) is 1.31. The molecular formula is C8H12O. The molecule has 1 heteroatoms. The van der Waals surface area contributed by atoms with Gasteiger partial charge >= 0.3 is 0 Å². The molecule has 0 aromatic rings. The lowest BCUT2D eigenvalue weighted by Gasteiger charge is -2.26. The minimum Gasteiger partial charge on any atom is -0.378 e. The second-order valence-corrected chi connectivity index (χ2v) is 2.72. The smallest absolute Gasteiger partial charge is 0.125 e. The maximum Gasteiger partial charge on any atom is 0.125 e. The van der Waals surface area contributed by atoms with Crippen molar-refractivity contribution < 1.29 is 6.48 Å². The van der Waals surface area contributed by atoms with Crippen molar-refractivity contribution in [3.05, 3.63) is 0 Å². The van der Waals surface area contributed by atoms with Gasteiger partial charge in [0.15, 0.2) is 0 Å². The van der Waals surface area contributed by atoms with Crippen LogP contribution in [0, 0.1) is 12.3 Å². The van der Waals surface area contributed by atoms with Crippen molar-refractivity contribution in [2.75, 3.05) is 0 Å². The first-order valence-electron chi connectivity index (χ1n) is 3.93. The lowest BCUT2D eigenvalue weighted by molar-refractivity contribution is 0.0612. The molecule has 0 aromatic carbocycles. The standard InChI is InChI=1S/C8H12O/c1-2-8(9)6-4-3-5-7-8/h1,9H,3-7H2/i1D. The molecule has 1 N–H and O–H groups in total. The van der Waals surface area contributed by atoms with Gasteiger partial charge in [0.1, 0.15) is 6.97 Å². The molecule has 9 heavy (non-hydrogen) atoms. The maximum atomic E-state index is 9.58. The second kappa shape index (κ2) is 2.41. The second-order valence-electron chi connectivity index (χ2n) is 2.72. The monoisotopic (exact) mass is 125 g/mol. The first-order valence-corrected chi connectivity index (χ1v) is 3.43. The van der Waals surface area contributed by atoms with Gasteiger partial charge in [0.25, 0.3) is 0 Å². The van der Waals surface area contributed by atoms with Gasteiger partial charge in [0.2, 0.25) is 0 Å². The summed E-state index contributed by atoms with van der Waals surface area (Å²) in [5.41, 5.74) is -0.819. The Balaban J connectivity index is 2.53. The van der Waals surface area contributed by atoms with E-state index >= 15 is 0 Å². The molecule has 1 fully saturated rings. The van der Waals surface area contributed by atoms with Crippen molar-refractivity contribution >= 4 is 0 Å². The summed E-state index contributed by atoms with van der Waals surface area (Å²) in [4.78, 5) is 0. The van der Waals surface area contributed by atoms with Crippen LogP contribution in [0.3, 0.4) is 0 Å². The molecule has 0 radical (unpaired) electrons. The molecular weight excluding hydrogens is 112 g/mol. The van der Waals surface area contributed by atoms with Crippen LogP contribution < -0.4 is 0 Å². The molecule has 0 saturated heterocycles. The average molecular weight is 125 g/mol. The van der Waals surface area contributed by atoms with Gasteiger partial charge in [0.05, 0.1) is 0 Å². The Kier molecular flexibility index (Phi) is 1.42. The van der Waals surface area contributed by atoms with Gasteiger partial charge in [-0.1, -0.05) is 12.3 Å². The molecule has 0 aromatic heterocycles. The summed E-state index contributed by atoms with van der Waals surface area (Å²) in [6, 6.07) is 0. The van der Waals surface area contributed by atoms with E-state index in [0.717, 1.165) is 25.7 Å². The van der Waals surface area contributed by atoms with Crippen LogP contribution in [0.4, 0.5) is 0 Å². The Morgan fingerprint density at radius 2 is 2.11 bits per heavy atom. The fraction of sp³-hybridized carbons (Fsp3) is 0.750. The van der Waals surface area contributed by atoms with Gasteiger partial charge in [-0.15, -0.1) is 6.40 Å². The van der Waals surface area contributed by atoms with E-state index in [0.29, 0.717) is 0 Å². The molecule has 1 saturated carbocycles. The van der Waals surface area contributed by atoms with Crippen LogP contribution in [-0.2, 0) is 0 Å². The highest BCUT2D eigenvalue weighted by atomic mass is 16.3. The normalized spacial score (nSPS) is 25.7. The third-order valence-electron chi connectivity index (χ3n) is 1.91. The summed E-state index contributed by atoms with van der Waals surface area (Å²) < 4.78 is 6.64. The van der Waals surface area contributed by atoms with Crippen molar-refractivity contribution in [2.45, 2.75) is 37.7 Å². The number of terminal acetylenes is 1. The first-order chi connectivity index (χ1) is 4.77. The van der Waals surface area contributed by atoms with Crippen molar-refractivity contribution in [3.63, 3.8) is 0 Å². The molecule has 0 unspecified atom stereocenters. The zero-order valence-electron chi connectivity index (χ0n) is 6.48. The van der Waals surface area contributed by atoms with E-state index in [-0.39, 0.29) is 0 Å². The Hall–Kier alpha value is -0.480. The number of hydrogen-bond donors (Lipinski definition) is 1. The van der Waals surface area contributed by atoms with Gasteiger partial charge < -0.3 is 5.11 Å². The lowest BCUT2D eigenvalue weighted by Crippen LogP contribution is -2.28. The predicted molar refractivity (Wildman–Crippen MR) is 36.9 cm³/mol. The zero-order chi connectivity index (χ0) is 7.45. The topological polar surface area (TPSA) is 20.2 Å². The summed E-state index contributed by atoms with van der Waals surface area (Å²) in [6.07, 6.45) is 6.82. The Morgan fingerprint density at radius 3 is 2.67 bits per heavy atom. The maximum absolute atomic E-state index is 9.58. The van der Waals surface area contributed by atoms with Crippen molar-refractivity contribution in [3.8, 4) is 12.3 Å². The van der Waals surface area contributed by atoms with Crippen LogP contribution >= 0.6 is 0 Å². The van der Waals surface area contributed by atoms with Gasteiger partial charge in [-0.05, 0) is 25.7 Å². The number of rotatable bonds is 0. The molecule has 1 rings (SSSR count). The summed E-state index contributed by atoms with van der Waals surface area (Å²) in [7, 11) is 0. The molecule has 0 heterocycles. The lowest BCUT2D eigenvalue weighted by atomic mass is 9.86. The molecule has 0 amide bonds. The van der Waals surface area contributed by atoms with Gasteiger partial charge in [-0.3, -0.25) is 0 Å². The fourth-order valence-electron chi connectivity index (χ4n) is 1.26. The van der Waals surface area contributed by atoms with E-state index in [1.165, 1.54) is 6.42 Å². The fourth-order valence-corrected chi connectivity index (χ4v) is 1.26. The third kappa shape index (κ3) is 1.46. The van der Waals surface area contributed by atoms with E-state index in [1.54, 1.807) is 0 Å². The summed E-state index contributed by atoms with van der Waals surface area (Å²) in [6.45, 7) is 0. The van der Waals surface area contributed by atoms with E-state index in [1.807, 2.05) is 6.40 Å². The van der Waals surface area contributed by atoms with Crippen LogP contribution in [0.15, 0.2) is 0 Å². The van der Waals surface area contributed by atoms with E-state index in [4.69, 9.17) is 1.37 Å². The molecule has 1 aliphatic carbocycles. The quantitative estimate of drug-likeness (QED) is 0.484. The summed E-state index contributed by atoms with van der Waals surface area (Å²) in [5, 5.41) is 9.58. The van der Waals surface area contributed by atoms with Crippen molar-refractivity contribution in [1.82, 2.24) is 0 Å². The number of hydrogen-bond acceptors (Lipinski definition) is 1. The summed E-state index contributed by atoms with van der Waals surface area (Å²) in [5.74, 6) is 2.53. The molecule has 1 nitrogen and oxygen atoms in total. The van der Waals surface area contributed by atoms with Gasteiger partial charge in [0, 0.05) is 0 Å². The molecule has 50 valence electrons. The molecule has 0 spiro atoms. The third-order valence-corrected chi connectivity index (χ3v) is 1.91. The SMILES string of the molecule is [2H]C#CC1(O)CCCCC1. The van der Waals surface area contributed by atoms with Crippen LogP contribution in [0.1, 0.15) is 33.5 Å². The van der Waals surface area contributed by atoms with E-state index in [9.17, 15) is 5.11 Å². The Labute approximate surface area is 57.5 Å². The highest BCUT2D eigenvalue weighted by Gasteiger charge is 2.25. The van der Waals surface area contributed by atoms with Gasteiger partial charge in [-0.2, -0.15) is 0 Å². The summed E-state index contributed by atoms with van der Waals surface area (Å²) >= 11 is 0. The van der Waals surface area contributed by atoms with Crippen molar-refractivity contribution in [1.29, 1.82) is 0 Å². The highest BCUT2D eigenvalue weighted by Crippen LogP contribution is 2.26. The molecule has 0 aliphatic heterocycles. The minimum absolute atomic E-state index is 0.749. The van der Waals surface area contributed by atoms with Crippen molar-refractivity contribution in [2.24, 2.45) is 0 Å². The zero-order valence-corrected chi connectivity index (χ0v) is 5.48. The van der Waals surface area contributed by atoms with E-state index < -0.39 is 5.60 Å². The van der Waals surface area contributed by atoms with Crippen LogP contribution in [0.5, 0.6) is 0 Å². The highest BCUT2D eigenvalue weighted by molar-refractivity contribution is 5.07. The van der Waals surface area contributed by atoms with Crippen LogP contribution in [-0.4, -0.2) is 10.7 Å². The molecule has 1 aliphatic rings. The average Bonchev–Trinajstić information content (AvgIpc) is 1.89. The van der Waals surface area contributed by atoms with Crippen LogP contribution in [0.25, 0.3) is 0 Å². The van der Waals surface area contributed by atoms with Gasteiger partial charge in [-0.25, -0.2) is 0 Å². The Morgan fingerprint density at radius 1 is 1.44 bits per heavy atom. The van der Waals surface area contributed by atoms with E-state index in [2.05, 4.69) is 5.92 Å². The minimum atomic E-state index is -0.819.